The molecule has 0 heterocycles. The molecule has 0 spiro atoms. The summed E-state index contributed by atoms with van der Waals surface area (Å²) in [5.74, 6) is -1.57. The Kier molecular flexibility index (Phi) is 4.10. The van der Waals surface area contributed by atoms with Gasteiger partial charge in [-0.1, -0.05) is 17.7 Å². The molecule has 0 aliphatic heterocycles. The van der Waals surface area contributed by atoms with Crippen LogP contribution >= 0.6 is 0 Å². The van der Waals surface area contributed by atoms with Gasteiger partial charge in [0.1, 0.15) is 0 Å². The largest absolute Gasteiger partial charge is 0.480 e. The third-order valence-corrected chi connectivity index (χ3v) is 5.87. The molecule has 19 heavy (non-hydrogen) atoms. The minimum Gasteiger partial charge on any atom is -0.480 e. The maximum Gasteiger partial charge on any atom is 0.324 e. The number of hydrogen-bond acceptors (Lipinski definition) is 3. The van der Waals surface area contributed by atoms with Crippen LogP contribution in [0.3, 0.4) is 0 Å². The molecule has 0 saturated carbocycles. The van der Waals surface area contributed by atoms with Crippen LogP contribution in [0.4, 0.5) is 0 Å². The first-order valence-electron chi connectivity index (χ1n) is 6.01. The Morgan fingerprint density at radius 1 is 1.16 bits per heavy atom. The van der Waals surface area contributed by atoms with Crippen molar-refractivity contribution < 1.29 is 18.3 Å². The minimum atomic E-state index is -3.77. The summed E-state index contributed by atoms with van der Waals surface area (Å²) < 4.78 is 22.8. The summed E-state index contributed by atoms with van der Waals surface area (Å²) >= 11 is 0. The van der Waals surface area contributed by atoms with Crippen molar-refractivity contribution in [3.8, 4) is 0 Å². The zero-order chi connectivity index (χ0) is 15.0. The first-order chi connectivity index (χ1) is 8.49. The lowest BCUT2D eigenvalue weighted by Gasteiger charge is -2.21. The normalized spacial score (nSPS) is 12.5. The van der Waals surface area contributed by atoms with Gasteiger partial charge in [-0.25, -0.2) is 8.42 Å². The summed E-state index contributed by atoms with van der Waals surface area (Å²) in [4.78, 5) is 11.1. The van der Waals surface area contributed by atoms with Gasteiger partial charge < -0.3 is 5.11 Å². The molecule has 0 saturated heterocycles. The third kappa shape index (κ3) is 2.97. The van der Waals surface area contributed by atoms with E-state index < -0.39 is 20.6 Å². The Balaban J connectivity index is 3.28. The van der Waals surface area contributed by atoms with E-state index in [9.17, 15) is 13.2 Å². The first kappa shape index (κ1) is 15.7. The summed E-state index contributed by atoms with van der Waals surface area (Å²) in [6, 6.07) is 3.82. The molecule has 1 aromatic rings. The number of carbonyl (C=O) groups is 1. The van der Waals surface area contributed by atoms with Crippen molar-refractivity contribution in [1.82, 2.24) is 0 Å². The Morgan fingerprint density at radius 3 is 1.95 bits per heavy atom. The molecule has 1 aromatic carbocycles. The number of carboxylic acids is 1. The van der Waals surface area contributed by atoms with Gasteiger partial charge in [0, 0.05) is 0 Å². The summed E-state index contributed by atoms with van der Waals surface area (Å²) in [5, 5.41) is 9.06. The Bertz CT molecular complexity index is 589. The number of aryl methyl sites for hydroxylation is 3. The van der Waals surface area contributed by atoms with Gasteiger partial charge in [-0.05, 0) is 51.3 Å². The molecule has 5 heteroatoms. The van der Waals surface area contributed by atoms with Crippen molar-refractivity contribution in [2.24, 2.45) is 0 Å². The molecule has 1 N–H and O–H groups in total. The van der Waals surface area contributed by atoms with Crippen LogP contribution in [-0.2, 0) is 20.4 Å². The number of benzene rings is 1. The van der Waals surface area contributed by atoms with Gasteiger partial charge >= 0.3 is 5.97 Å². The molecule has 0 bridgehead atoms. The lowest BCUT2D eigenvalue weighted by molar-refractivity contribution is -0.139. The van der Waals surface area contributed by atoms with E-state index in [1.807, 2.05) is 32.9 Å². The van der Waals surface area contributed by atoms with Crippen LogP contribution in [-0.4, -0.2) is 24.2 Å². The fourth-order valence-corrected chi connectivity index (χ4v) is 3.40. The molecule has 0 fully saturated rings. The lowest BCUT2D eigenvalue weighted by atomic mass is 10.0. The molecule has 1 rings (SSSR count). The van der Waals surface area contributed by atoms with Gasteiger partial charge in [-0.3, -0.25) is 4.79 Å². The molecular formula is C14H20O4S. The van der Waals surface area contributed by atoms with Gasteiger partial charge in [-0.2, -0.15) is 0 Å². The van der Waals surface area contributed by atoms with Gasteiger partial charge in [0.2, 0.25) is 0 Å². The van der Waals surface area contributed by atoms with Crippen LogP contribution in [0.15, 0.2) is 12.1 Å². The quantitative estimate of drug-likeness (QED) is 0.921. The number of rotatable bonds is 4. The molecule has 0 unspecified atom stereocenters. The highest BCUT2D eigenvalue weighted by Gasteiger charge is 2.42. The second-order valence-electron chi connectivity index (χ2n) is 5.45. The van der Waals surface area contributed by atoms with E-state index in [1.54, 1.807) is 0 Å². The maximum atomic E-state index is 12.3. The minimum absolute atomic E-state index is 0.246. The van der Waals surface area contributed by atoms with Crippen LogP contribution in [0, 0.1) is 20.8 Å². The smallest absolute Gasteiger partial charge is 0.324 e. The van der Waals surface area contributed by atoms with E-state index in [-0.39, 0.29) is 5.75 Å². The zero-order valence-electron chi connectivity index (χ0n) is 11.9. The van der Waals surface area contributed by atoms with Crippen LogP contribution < -0.4 is 0 Å². The fourth-order valence-electron chi connectivity index (χ4n) is 1.94. The van der Waals surface area contributed by atoms with E-state index in [1.165, 1.54) is 13.8 Å². The van der Waals surface area contributed by atoms with E-state index in [0.29, 0.717) is 5.56 Å². The Morgan fingerprint density at radius 2 is 1.58 bits per heavy atom. The second kappa shape index (κ2) is 4.96. The van der Waals surface area contributed by atoms with Crippen LogP contribution in [0.2, 0.25) is 0 Å². The number of carboxylic acid groups (broad SMARTS) is 1. The van der Waals surface area contributed by atoms with E-state index in [4.69, 9.17) is 5.11 Å². The van der Waals surface area contributed by atoms with Crippen molar-refractivity contribution in [3.05, 3.63) is 34.4 Å². The number of sulfone groups is 1. The zero-order valence-corrected chi connectivity index (χ0v) is 12.8. The highest BCUT2D eigenvalue weighted by molar-refractivity contribution is 7.92. The summed E-state index contributed by atoms with van der Waals surface area (Å²) in [7, 11) is -3.77. The summed E-state index contributed by atoms with van der Waals surface area (Å²) in [5.41, 5.74) is 3.51. The molecule has 0 aliphatic carbocycles. The molecule has 4 nitrogen and oxygen atoms in total. The van der Waals surface area contributed by atoms with Crippen molar-refractivity contribution in [2.45, 2.75) is 45.1 Å². The molecule has 0 aromatic heterocycles. The molecule has 106 valence electrons. The van der Waals surface area contributed by atoms with Gasteiger partial charge in [0.05, 0.1) is 5.75 Å². The highest BCUT2D eigenvalue weighted by atomic mass is 32.2. The summed E-state index contributed by atoms with van der Waals surface area (Å²) in [6.45, 7) is 8.09. The molecule has 0 atom stereocenters. The van der Waals surface area contributed by atoms with Crippen LogP contribution in [0.1, 0.15) is 36.1 Å². The van der Waals surface area contributed by atoms with Gasteiger partial charge in [0.15, 0.2) is 14.6 Å². The fraction of sp³-hybridized carbons (Fsp3) is 0.500. The highest BCUT2D eigenvalue weighted by Crippen LogP contribution is 2.25. The lowest BCUT2D eigenvalue weighted by Crippen LogP contribution is -2.41. The maximum absolute atomic E-state index is 12.3. The topological polar surface area (TPSA) is 71.4 Å². The first-order valence-corrected chi connectivity index (χ1v) is 7.66. The van der Waals surface area contributed by atoms with E-state index in [0.717, 1.165) is 16.7 Å². The van der Waals surface area contributed by atoms with Crippen molar-refractivity contribution >= 4 is 15.8 Å². The van der Waals surface area contributed by atoms with Gasteiger partial charge in [-0.15, -0.1) is 0 Å². The average Bonchev–Trinajstić information content (AvgIpc) is 2.22. The predicted octanol–water partition coefficient (Wildman–Crippen LogP) is 2.39. The number of hydrogen-bond donors (Lipinski definition) is 1. The summed E-state index contributed by atoms with van der Waals surface area (Å²) in [6.07, 6.45) is 0. The van der Waals surface area contributed by atoms with E-state index >= 15 is 0 Å². The monoisotopic (exact) mass is 284 g/mol. The van der Waals surface area contributed by atoms with Crippen LogP contribution in [0.5, 0.6) is 0 Å². The third-order valence-electron chi connectivity index (χ3n) is 3.47. The standard InChI is InChI=1S/C14H20O4S/c1-9-6-10(2)12(11(3)7-9)8-19(17,18)14(4,5)13(15)16/h6-7H,8H2,1-5H3,(H,15,16). The van der Waals surface area contributed by atoms with Gasteiger partial charge in [0.25, 0.3) is 0 Å². The Hall–Kier alpha value is -1.36. The predicted molar refractivity (Wildman–Crippen MR) is 75.0 cm³/mol. The average molecular weight is 284 g/mol. The molecule has 0 radical (unpaired) electrons. The second-order valence-corrected chi connectivity index (χ2v) is 7.99. The van der Waals surface area contributed by atoms with Crippen molar-refractivity contribution in [1.29, 1.82) is 0 Å². The molecular weight excluding hydrogens is 264 g/mol. The Labute approximate surface area is 114 Å². The van der Waals surface area contributed by atoms with Crippen molar-refractivity contribution in [3.63, 3.8) is 0 Å². The van der Waals surface area contributed by atoms with Crippen molar-refractivity contribution in [2.75, 3.05) is 0 Å². The SMILES string of the molecule is Cc1cc(C)c(CS(=O)(=O)C(C)(C)C(=O)O)c(C)c1. The number of aliphatic carboxylic acids is 1. The van der Waals surface area contributed by atoms with E-state index in [2.05, 4.69) is 0 Å². The molecule has 0 amide bonds. The van der Waals surface area contributed by atoms with Crippen LogP contribution in [0.25, 0.3) is 0 Å². The molecule has 0 aliphatic rings.